The third kappa shape index (κ3) is 4.03. The highest BCUT2D eigenvalue weighted by molar-refractivity contribution is 5.78. The molecule has 0 bridgehead atoms. The molecule has 0 aromatic heterocycles. The maximum Gasteiger partial charge on any atom is 0.224 e. The molecule has 1 aliphatic heterocycles. The van der Waals surface area contributed by atoms with Crippen molar-refractivity contribution in [1.82, 2.24) is 5.32 Å². The smallest absolute Gasteiger partial charge is 0.224 e. The molecule has 1 aromatic carbocycles. The lowest BCUT2D eigenvalue weighted by molar-refractivity contribution is -0.120. The average Bonchev–Trinajstić information content (AvgIpc) is 2.56. The minimum absolute atomic E-state index is 0.0630. The molecule has 22 heavy (non-hydrogen) atoms. The van der Waals surface area contributed by atoms with Gasteiger partial charge in [0.1, 0.15) is 13.2 Å². The maximum atomic E-state index is 12.0. The van der Waals surface area contributed by atoms with Gasteiger partial charge in [0.25, 0.3) is 0 Å². The van der Waals surface area contributed by atoms with Crippen LogP contribution in [0.25, 0.3) is 0 Å². The molecular weight excluding hydrogens is 278 g/mol. The fourth-order valence-electron chi connectivity index (χ4n) is 2.94. The van der Waals surface area contributed by atoms with Gasteiger partial charge >= 0.3 is 0 Å². The Morgan fingerprint density at radius 3 is 2.82 bits per heavy atom. The van der Waals surface area contributed by atoms with E-state index in [-0.39, 0.29) is 5.91 Å². The highest BCUT2D eigenvalue weighted by Gasteiger charge is 2.13. The van der Waals surface area contributed by atoms with Crippen molar-refractivity contribution < 1.29 is 14.3 Å². The van der Waals surface area contributed by atoms with Crippen LogP contribution in [0.15, 0.2) is 29.8 Å². The van der Waals surface area contributed by atoms with Crippen LogP contribution in [0.1, 0.15) is 37.7 Å². The summed E-state index contributed by atoms with van der Waals surface area (Å²) >= 11 is 0. The van der Waals surface area contributed by atoms with Crippen LogP contribution in [0.2, 0.25) is 0 Å². The van der Waals surface area contributed by atoms with Crippen molar-refractivity contribution in [3.63, 3.8) is 0 Å². The van der Waals surface area contributed by atoms with Gasteiger partial charge in [0.15, 0.2) is 11.5 Å². The SMILES string of the molecule is O=C(Cc1ccc2c(c1)OCCO2)NCCC1=CCCCC1. The summed E-state index contributed by atoms with van der Waals surface area (Å²) in [4.78, 5) is 12.0. The fraction of sp³-hybridized carbons (Fsp3) is 0.500. The first-order valence-electron chi connectivity index (χ1n) is 8.14. The van der Waals surface area contributed by atoms with Crippen LogP contribution in [0.3, 0.4) is 0 Å². The third-order valence-corrected chi connectivity index (χ3v) is 4.12. The van der Waals surface area contributed by atoms with Gasteiger partial charge in [-0.3, -0.25) is 4.79 Å². The quantitative estimate of drug-likeness (QED) is 0.851. The summed E-state index contributed by atoms with van der Waals surface area (Å²) in [7, 11) is 0. The highest BCUT2D eigenvalue weighted by Crippen LogP contribution is 2.30. The minimum atomic E-state index is 0.0630. The first kappa shape index (κ1) is 14.9. The number of allylic oxidation sites excluding steroid dienone is 1. The van der Waals surface area contributed by atoms with Gasteiger partial charge in [-0.2, -0.15) is 0 Å². The summed E-state index contributed by atoms with van der Waals surface area (Å²) < 4.78 is 11.0. The molecule has 1 aromatic rings. The molecule has 4 heteroatoms. The maximum absolute atomic E-state index is 12.0. The number of ether oxygens (including phenoxy) is 2. The van der Waals surface area contributed by atoms with E-state index in [0.29, 0.717) is 19.6 Å². The van der Waals surface area contributed by atoms with Crippen molar-refractivity contribution in [2.24, 2.45) is 0 Å². The van der Waals surface area contributed by atoms with Crippen LogP contribution >= 0.6 is 0 Å². The summed E-state index contributed by atoms with van der Waals surface area (Å²) in [5.41, 5.74) is 2.45. The van der Waals surface area contributed by atoms with E-state index in [9.17, 15) is 4.79 Å². The molecular formula is C18H23NO3. The molecule has 1 N–H and O–H groups in total. The van der Waals surface area contributed by atoms with E-state index in [1.807, 2.05) is 18.2 Å². The monoisotopic (exact) mass is 301 g/mol. The molecule has 2 aliphatic rings. The Bertz CT molecular complexity index is 565. The predicted octanol–water partition coefficient (Wildman–Crippen LogP) is 3.01. The molecule has 3 rings (SSSR count). The third-order valence-electron chi connectivity index (χ3n) is 4.12. The molecule has 1 aliphatic carbocycles. The predicted molar refractivity (Wildman–Crippen MR) is 85.3 cm³/mol. The second kappa shape index (κ2) is 7.34. The Morgan fingerprint density at radius 1 is 1.14 bits per heavy atom. The number of amides is 1. The number of carbonyl (C=O) groups is 1. The molecule has 1 amide bonds. The van der Waals surface area contributed by atoms with E-state index in [1.165, 1.54) is 31.3 Å². The molecule has 0 saturated carbocycles. The number of nitrogens with one attached hydrogen (secondary N) is 1. The Kier molecular flexibility index (Phi) is 4.99. The molecule has 0 spiro atoms. The van der Waals surface area contributed by atoms with E-state index in [0.717, 1.165) is 30.0 Å². The largest absolute Gasteiger partial charge is 0.486 e. The fourth-order valence-corrected chi connectivity index (χ4v) is 2.94. The van der Waals surface area contributed by atoms with Crippen LogP contribution < -0.4 is 14.8 Å². The molecule has 0 unspecified atom stereocenters. The zero-order valence-electron chi connectivity index (χ0n) is 12.9. The van der Waals surface area contributed by atoms with Crippen molar-refractivity contribution in [2.75, 3.05) is 19.8 Å². The summed E-state index contributed by atoms with van der Waals surface area (Å²) in [6.07, 6.45) is 8.68. The van der Waals surface area contributed by atoms with Crippen LogP contribution in [0.5, 0.6) is 11.5 Å². The summed E-state index contributed by atoms with van der Waals surface area (Å²) in [6, 6.07) is 5.71. The van der Waals surface area contributed by atoms with E-state index < -0.39 is 0 Å². The topological polar surface area (TPSA) is 47.6 Å². The van der Waals surface area contributed by atoms with E-state index >= 15 is 0 Å². The first-order chi connectivity index (χ1) is 10.8. The molecule has 0 fully saturated rings. The van der Waals surface area contributed by atoms with E-state index in [1.54, 1.807) is 0 Å². The second-order valence-electron chi connectivity index (χ2n) is 5.86. The Balaban J connectivity index is 1.46. The number of rotatable bonds is 5. The second-order valence-corrected chi connectivity index (χ2v) is 5.86. The van der Waals surface area contributed by atoms with Gasteiger partial charge in [0.05, 0.1) is 6.42 Å². The lowest BCUT2D eigenvalue weighted by Gasteiger charge is -2.18. The number of hydrogen-bond acceptors (Lipinski definition) is 3. The Hall–Kier alpha value is -1.97. The van der Waals surface area contributed by atoms with Crippen molar-refractivity contribution in [3.05, 3.63) is 35.4 Å². The zero-order valence-corrected chi connectivity index (χ0v) is 12.9. The Morgan fingerprint density at radius 2 is 2.00 bits per heavy atom. The van der Waals surface area contributed by atoms with Crippen LogP contribution in [0.4, 0.5) is 0 Å². The number of carbonyl (C=O) groups excluding carboxylic acids is 1. The minimum Gasteiger partial charge on any atom is -0.486 e. The van der Waals surface area contributed by atoms with E-state index in [2.05, 4.69) is 11.4 Å². The average molecular weight is 301 g/mol. The Labute approximate surface area is 131 Å². The highest BCUT2D eigenvalue weighted by atomic mass is 16.6. The van der Waals surface area contributed by atoms with Gasteiger partial charge in [0, 0.05) is 6.54 Å². The van der Waals surface area contributed by atoms with Crippen LogP contribution in [0, 0.1) is 0 Å². The van der Waals surface area contributed by atoms with Gasteiger partial charge in [-0.15, -0.1) is 0 Å². The number of benzene rings is 1. The molecule has 118 valence electrons. The van der Waals surface area contributed by atoms with Gasteiger partial charge in [0.2, 0.25) is 5.91 Å². The summed E-state index contributed by atoms with van der Waals surface area (Å²) in [5.74, 6) is 1.57. The first-order valence-corrected chi connectivity index (χ1v) is 8.14. The molecule has 0 radical (unpaired) electrons. The summed E-state index contributed by atoms with van der Waals surface area (Å²) in [6.45, 7) is 1.88. The van der Waals surface area contributed by atoms with Crippen molar-refractivity contribution >= 4 is 5.91 Å². The van der Waals surface area contributed by atoms with E-state index in [4.69, 9.17) is 9.47 Å². The van der Waals surface area contributed by atoms with Gasteiger partial charge in [-0.1, -0.05) is 17.7 Å². The molecule has 4 nitrogen and oxygen atoms in total. The van der Waals surface area contributed by atoms with Crippen molar-refractivity contribution in [1.29, 1.82) is 0 Å². The molecule has 1 heterocycles. The van der Waals surface area contributed by atoms with Gasteiger partial charge < -0.3 is 14.8 Å². The standard InChI is InChI=1S/C18H23NO3/c20-18(19-9-8-14-4-2-1-3-5-14)13-15-6-7-16-17(12-15)22-11-10-21-16/h4,6-7,12H,1-3,5,8-11,13H2,(H,19,20). The zero-order chi connectivity index (χ0) is 15.2. The normalized spacial score (nSPS) is 16.8. The van der Waals surface area contributed by atoms with Crippen molar-refractivity contribution in [2.45, 2.75) is 38.5 Å². The number of fused-ring (bicyclic) bond motifs is 1. The van der Waals surface area contributed by atoms with Gasteiger partial charge in [-0.05, 0) is 49.8 Å². The molecule has 0 atom stereocenters. The van der Waals surface area contributed by atoms with Crippen LogP contribution in [-0.2, 0) is 11.2 Å². The lowest BCUT2D eigenvalue weighted by atomic mass is 9.97. The van der Waals surface area contributed by atoms with Crippen LogP contribution in [-0.4, -0.2) is 25.7 Å². The van der Waals surface area contributed by atoms with Crippen molar-refractivity contribution in [3.8, 4) is 11.5 Å². The summed E-state index contributed by atoms with van der Waals surface area (Å²) in [5, 5.41) is 3.01. The lowest BCUT2D eigenvalue weighted by Crippen LogP contribution is -2.26. The number of hydrogen-bond donors (Lipinski definition) is 1. The molecule has 0 saturated heterocycles. The van der Waals surface area contributed by atoms with Gasteiger partial charge in [-0.25, -0.2) is 0 Å².